The van der Waals surface area contributed by atoms with Gasteiger partial charge in [-0.05, 0) is 70.1 Å². The molecule has 176 valence electrons. The molecule has 6 heterocycles. The summed E-state index contributed by atoms with van der Waals surface area (Å²) < 4.78 is 2.93. The fourth-order valence-electron chi connectivity index (χ4n) is 3.22. The summed E-state index contributed by atoms with van der Waals surface area (Å²) in [6, 6.07) is 7.37. The molecule has 0 saturated carbocycles. The second kappa shape index (κ2) is 9.36. The van der Waals surface area contributed by atoms with Gasteiger partial charge >= 0.3 is 0 Å². The lowest BCUT2D eigenvalue weighted by molar-refractivity contribution is 0.824. The van der Waals surface area contributed by atoms with Crippen LogP contribution in [-0.2, 0) is 0 Å². The molecule has 0 amide bonds. The Morgan fingerprint density at radius 2 is 1.14 bits per heavy atom. The first-order valence-corrected chi connectivity index (χ1v) is 9.95. The second-order valence-electron chi connectivity index (χ2n) is 7.32. The number of H-pyrrole nitrogens is 2. The maximum Gasteiger partial charge on any atom is 0.269 e. The van der Waals surface area contributed by atoms with E-state index in [-0.39, 0.29) is 16.6 Å². The molecule has 0 aliphatic heterocycles. The first-order valence-electron chi connectivity index (χ1n) is 9.95. The number of hydrogen-bond acceptors (Lipinski definition) is 10. The summed E-state index contributed by atoms with van der Waals surface area (Å²) in [5.74, 6) is 0.634. The highest BCUT2D eigenvalue weighted by molar-refractivity contribution is 5.55. The average Bonchev–Trinajstić information content (AvgIpc) is 3.55. The summed E-state index contributed by atoms with van der Waals surface area (Å²) in [5, 5.41) is 26.2. The van der Waals surface area contributed by atoms with Crippen LogP contribution in [0.2, 0.25) is 0 Å². The molecule has 15 heteroatoms. The van der Waals surface area contributed by atoms with Crippen molar-refractivity contribution in [3.05, 3.63) is 80.9 Å². The molecule has 0 atom stereocenters. The van der Waals surface area contributed by atoms with Crippen molar-refractivity contribution in [3.8, 4) is 22.8 Å². The summed E-state index contributed by atoms with van der Waals surface area (Å²) in [5.41, 5.74) is 3.59. The maximum atomic E-state index is 12.1. The van der Waals surface area contributed by atoms with Gasteiger partial charge in [0.2, 0.25) is 0 Å². The molecule has 0 aliphatic carbocycles. The van der Waals surface area contributed by atoms with E-state index < -0.39 is 0 Å². The van der Waals surface area contributed by atoms with E-state index in [1.807, 2.05) is 38.1 Å². The van der Waals surface area contributed by atoms with Crippen molar-refractivity contribution in [2.45, 2.75) is 13.8 Å². The second-order valence-corrected chi connectivity index (χ2v) is 7.32. The SMILES string of the molecule is Cc1ccn2c(=O)c(-c3nnn[nH]3)cnc2c1.Cc1ccn2c(=O)c(-c3nnn[nH]3)cnc2c1.O. The third-order valence-electron chi connectivity index (χ3n) is 4.93. The van der Waals surface area contributed by atoms with E-state index in [1.165, 1.54) is 21.2 Å². The van der Waals surface area contributed by atoms with E-state index in [0.717, 1.165) is 11.1 Å². The van der Waals surface area contributed by atoms with Crippen molar-refractivity contribution < 1.29 is 5.48 Å². The van der Waals surface area contributed by atoms with Gasteiger partial charge in [0.1, 0.15) is 22.4 Å². The van der Waals surface area contributed by atoms with Crippen molar-refractivity contribution in [3.63, 3.8) is 0 Å². The van der Waals surface area contributed by atoms with Gasteiger partial charge in [0, 0.05) is 24.8 Å². The number of tetrazole rings is 2. The molecular formula is C20H18N12O3. The molecule has 35 heavy (non-hydrogen) atoms. The van der Waals surface area contributed by atoms with Crippen LogP contribution < -0.4 is 11.1 Å². The summed E-state index contributed by atoms with van der Waals surface area (Å²) >= 11 is 0. The summed E-state index contributed by atoms with van der Waals surface area (Å²) in [7, 11) is 0. The zero-order valence-corrected chi connectivity index (χ0v) is 18.4. The Morgan fingerprint density at radius 3 is 1.51 bits per heavy atom. The van der Waals surface area contributed by atoms with E-state index in [2.05, 4.69) is 51.2 Å². The standard InChI is InChI=1S/2C10H8N6O.H2O/c2*1-6-2-3-16-8(4-6)11-5-7(10(16)17)9-12-14-15-13-9;/h2*2-5H,1H3,(H,12,13,14,15);1H2. The highest BCUT2D eigenvalue weighted by Crippen LogP contribution is 2.09. The minimum atomic E-state index is -0.200. The zero-order valence-electron chi connectivity index (χ0n) is 18.4. The van der Waals surface area contributed by atoms with Crippen molar-refractivity contribution in [1.29, 1.82) is 0 Å². The van der Waals surface area contributed by atoms with Crippen LogP contribution in [0.3, 0.4) is 0 Å². The molecule has 0 bridgehead atoms. The fraction of sp³-hybridized carbons (Fsp3) is 0.100. The van der Waals surface area contributed by atoms with Crippen LogP contribution in [0.1, 0.15) is 11.1 Å². The molecule has 6 rings (SSSR count). The Hall–Kier alpha value is -5.18. The minimum absolute atomic E-state index is 0. The molecule has 0 saturated heterocycles. The predicted molar refractivity (Wildman–Crippen MR) is 122 cm³/mol. The zero-order chi connectivity index (χ0) is 23.7. The van der Waals surface area contributed by atoms with Gasteiger partial charge < -0.3 is 5.48 Å². The number of pyridine rings is 2. The van der Waals surface area contributed by atoms with Gasteiger partial charge in [-0.25, -0.2) is 20.2 Å². The molecule has 0 spiro atoms. The van der Waals surface area contributed by atoms with Crippen LogP contribution in [0.25, 0.3) is 34.1 Å². The fourth-order valence-corrected chi connectivity index (χ4v) is 3.22. The quantitative estimate of drug-likeness (QED) is 0.330. The number of rotatable bonds is 2. The van der Waals surface area contributed by atoms with Crippen LogP contribution in [-0.4, -0.2) is 65.5 Å². The monoisotopic (exact) mass is 474 g/mol. The molecule has 0 aliphatic rings. The van der Waals surface area contributed by atoms with E-state index in [4.69, 9.17) is 0 Å². The van der Waals surface area contributed by atoms with Crippen molar-refractivity contribution in [1.82, 2.24) is 60.0 Å². The molecule has 0 fully saturated rings. The minimum Gasteiger partial charge on any atom is -0.412 e. The lowest BCUT2D eigenvalue weighted by atomic mass is 10.2. The number of aryl methyl sites for hydroxylation is 2. The van der Waals surface area contributed by atoms with Gasteiger partial charge in [-0.2, -0.15) is 0 Å². The van der Waals surface area contributed by atoms with Crippen LogP contribution in [0.15, 0.2) is 58.6 Å². The summed E-state index contributed by atoms with van der Waals surface area (Å²) in [4.78, 5) is 32.7. The Balaban J connectivity index is 0.000000160. The Morgan fingerprint density at radius 1 is 0.714 bits per heavy atom. The van der Waals surface area contributed by atoms with Gasteiger partial charge in [0.25, 0.3) is 11.1 Å². The molecule has 6 aromatic heterocycles. The van der Waals surface area contributed by atoms with Crippen molar-refractivity contribution in [2.75, 3.05) is 0 Å². The maximum absolute atomic E-state index is 12.1. The molecule has 6 aromatic rings. The van der Waals surface area contributed by atoms with Gasteiger partial charge in [-0.15, -0.1) is 10.2 Å². The number of nitrogens with one attached hydrogen (secondary N) is 2. The number of aromatic nitrogens is 12. The summed E-state index contributed by atoms with van der Waals surface area (Å²) in [6.45, 7) is 3.89. The Kier molecular flexibility index (Phi) is 6.15. The topological polar surface area (TPSA) is 209 Å². The van der Waals surface area contributed by atoms with Crippen LogP contribution >= 0.6 is 0 Å². The molecule has 15 nitrogen and oxygen atoms in total. The molecular weight excluding hydrogens is 456 g/mol. The van der Waals surface area contributed by atoms with Crippen molar-refractivity contribution >= 4 is 11.3 Å². The van der Waals surface area contributed by atoms with Crippen molar-refractivity contribution in [2.24, 2.45) is 0 Å². The molecule has 4 N–H and O–H groups in total. The van der Waals surface area contributed by atoms with Crippen LogP contribution in [0, 0.1) is 13.8 Å². The van der Waals surface area contributed by atoms with Gasteiger partial charge in [0.05, 0.1) is 0 Å². The Labute approximate surface area is 194 Å². The molecule has 0 aromatic carbocycles. The third kappa shape index (κ3) is 4.38. The average molecular weight is 474 g/mol. The molecule has 0 unspecified atom stereocenters. The first kappa shape index (κ1) is 23.0. The largest absolute Gasteiger partial charge is 0.412 e. The van der Waals surface area contributed by atoms with Crippen LogP contribution in [0.5, 0.6) is 0 Å². The highest BCUT2D eigenvalue weighted by Gasteiger charge is 2.11. The predicted octanol–water partition coefficient (Wildman–Crippen LogP) is -0.459. The first-order chi connectivity index (χ1) is 16.5. The van der Waals surface area contributed by atoms with E-state index in [9.17, 15) is 9.59 Å². The van der Waals surface area contributed by atoms with Gasteiger partial charge in [-0.3, -0.25) is 18.4 Å². The number of fused-ring (bicyclic) bond motifs is 2. The number of nitrogens with zero attached hydrogens (tertiary/aromatic N) is 10. The normalized spacial score (nSPS) is 10.6. The highest BCUT2D eigenvalue weighted by atomic mass is 16.1. The third-order valence-corrected chi connectivity index (χ3v) is 4.93. The Bertz CT molecular complexity index is 1590. The number of aromatic amines is 2. The van der Waals surface area contributed by atoms with Gasteiger partial charge in [-0.1, -0.05) is 0 Å². The van der Waals surface area contributed by atoms with Crippen LogP contribution in [0.4, 0.5) is 0 Å². The number of hydrogen-bond donors (Lipinski definition) is 2. The van der Waals surface area contributed by atoms with E-state index in [1.54, 1.807) is 12.4 Å². The molecule has 0 radical (unpaired) electrons. The van der Waals surface area contributed by atoms with E-state index in [0.29, 0.717) is 34.1 Å². The lowest BCUT2D eigenvalue weighted by Gasteiger charge is -2.02. The lowest BCUT2D eigenvalue weighted by Crippen LogP contribution is -2.17. The summed E-state index contributed by atoms with van der Waals surface area (Å²) in [6.07, 6.45) is 6.32. The van der Waals surface area contributed by atoms with E-state index >= 15 is 0 Å². The van der Waals surface area contributed by atoms with Gasteiger partial charge in [0.15, 0.2) is 11.6 Å². The smallest absolute Gasteiger partial charge is 0.269 e.